The van der Waals surface area contributed by atoms with Crippen molar-refractivity contribution in [2.24, 2.45) is 28.6 Å². The van der Waals surface area contributed by atoms with Gasteiger partial charge in [-0.2, -0.15) is 0 Å². The van der Waals surface area contributed by atoms with Gasteiger partial charge >= 0.3 is 5.97 Å². The molecule has 4 fully saturated rings. The van der Waals surface area contributed by atoms with Gasteiger partial charge in [-0.05, 0) is 68.6 Å². The van der Waals surface area contributed by atoms with E-state index in [0.717, 1.165) is 37.0 Å². The Morgan fingerprint density at radius 2 is 1.47 bits per heavy atom. The fourth-order valence-corrected chi connectivity index (χ4v) is 4.82. The van der Waals surface area contributed by atoms with Crippen molar-refractivity contribution in [1.29, 1.82) is 0 Å². The van der Waals surface area contributed by atoms with Gasteiger partial charge in [0.15, 0.2) is 0 Å². The first-order chi connectivity index (χ1) is 8.78. The lowest BCUT2D eigenvalue weighted by atomic mass is 9.49. The van der Waals surface area contributed by atoms with Gasteiger partial charge in [0.05, 0.1) is 5.41 Å². The van der Waals surface area contributed by atoms with E-state index in [4.69, 9.17) is 4.74 Å². The lowest BCUT2D eigenvalue weighted by Crippen LogP contribution is -2.51. The minimum atomic E-state index is -0.103. The summed E-state index contributed by atoms with van der Waals surface area (Å²) in [5.74, 6) is 2.55. The highest BCUT2D eigenvalue weighted by Crippen LogP contribution is 2.60. The fraction of sp³-hybridized carbons (Fsp3) is 0.941. The molecule has 0 N–H and O–H groups in total. The molecule has 2 heteroatoms. The van der Waals surface area contributed by atoms with Gasteiger partial charge in [-0.25, -0.2) is 0 Å². The van der Waals surface area contributed by atoms with Gasteiger partial charge < -0.3 is 4.74 Å². The maximum absolute atomic E-state index is 12.7. The topological polar surface area (TPSA) is 26.3 Å². The number of carbonyl (C=O) groups is 1. The largest absolute Gasteiger partial charge is 0.462 e. The first-order valence-electron chi connectivity index (χ1n) is 7.99. The molecule has 0 radical (unpaired) electrons. The Hall–Kier alpha value is -0.530. The molecule has 1 atom stereocenters. The maximum atomic E-state index is 12.7. The van der Waals surface area contributed by atoms with Gasteiger partial charge in [-0.15, -0.1) is 0 Å². The summed E-state index contributed by atoms with van der Waals surface area (Å²) in [6.07, 6.45) is 7.45. The second kappa shape index (κ2) is 4.23. The van der Waals surface area contributed by atoms with Crippen LogP contribution in [0, 0.1) is 28.6 Å². The molecule has 0 aromatic rings. The quantitative estimate of drug-likeness (QED) is 0.699. The van der Waals surface area contributed by atoms with Crippen molar-refractivity contribution >= 4 is 5.97 Å². The molecule has 0 amide bonds. The van der Waals surface area contributed by atoms with E-state index in [-0.39, 0.29) is 22.9 Å². The van der Waals surface area contributed by atoms with Crippen LogP contribution in [-0.4, -0.2) is 12.1 Å². The zero-order valence-corrected chi connectivity index (χ0v) is 12.9. The molecule has 0 aromatic heterocycles. The Labute approximate surface area is 117 Å². The van der Waals surface area contributed by atoms with Crippen LogP contribution in [0.5, 0.6) is 0 Å². The van der Waals surface area contributed by atoms with Crippen LogP contribution in [0.1, 0.15) is 66.2 Å². The lowest BCUT2D eigenvalue weighted by molar-refractivity contribution is -0.181. The Morgan fingerprint density at radius 3 is 1.84 bits per heavy atom. The average molecular weight is 264 g/mol. The molecule has 4 rings (SSSR count). The molecule has 2 nitrogen and oxygen atoms in total. The molecule has 19 heavy (non-hydrogen) atoms. The number of hydrogen-bond acceptors (Lipinski definition) is 2. The van der Waals surface area contributed by atoms with E-state index < -0.39 is 0 Å². The fourth-order valence-electron chi connectivity index (χ4n) is 4.82. The summed E-state index contributed by atoms with van der Waals surface area (Å²) >= 11 is 0. The van der Waals surface area contributed by atoms with Gasteiger partial charge in [-0.3, -0.25) is 4.79 Å². The van der Waals surface area contributed by atoms with Gasteiger partial charge in [0.25, 0.3) is 0 Å². The Kier molecular flexibility index (Phi) is 3.00. The minimum Gasteiger partial charge on any atom is -0.462 e. The van der Waals surface area contributed by atoms with Crippen molar-refractivity contribution in [3.05, 3.63) is 0 Å². The van der Waals surface area contributed by atoms with E-state index in [1.54, 1.807) is 0 Å². The van der Waals surface area contributed by atoms with Gasteiger partial charge in [0.2, 0.25) is 0 Å². The summed E-state index contributed by atoms with van der Waals surface area (Å²) in [6, 6.07) is 0. The van der Waals surface area contributed by atoms with E-state index in [9.17, 15) is 4.79 Å². The molecule has 108 valence electrons. The molecule has 0 aromatic carbocycles. The van der Waals surface area contributed by atoms with Crippen LogP contribution >= 0.6 is 0 Å². The highest BCUT2D eigenvalue weighted by Gasteiger charge is 2.55. The summed E-state index contributed by atoms with van der Waals surface area (Å²) in [5, 5.41) is 0. The van der Waals surface area contributed by atoms with Crippen LogP contribution in [0.25, 0.3) is 0 Å². The van der Waals surface area contributed by atoms with Crippen LogP contribution < -0.4 is 0 Å². The maximum Gasteiger partial charge on any atom is 0.312 e. The van der Waals surface area contributed by atoms with E-state index in [1.807, 2.05) is 6.92 Å². The SMILES string of the molecule is C[C@H](OC(=O)C12CC3CC(CC(C3)C1)C2)C(C)(C)C. The van der Waals surface area contributed by atoms with E-state index >= 15 is 0 Å². The molecule has 4 aliphatic rings. The lowest BCUT2D eigenvalue weighted by Gasteiger charge is -2.55. The number of esters is 1. The zero-order valence-electron chi connectivity index (χ0n) is 12.9. The number of hydrogen-bond donors (Lipinski definition) is 0. The van der Waals surface area contributed by atoms with Crippen molar-refractivity contribution < 1.29 is 9.53 Å². The molecular weight excluding hydrogens is 236 g/mol. The number of ether oxygens (including phenoxy) is 1. The smallest absolute Gasteiger partial charge is 0.312 e. The predicted molar refractivity (Wildman–Crippen MR) is 75.6 cm³/mol. The number of rotatable bonds is 2. The summed E-state index contributed by atoms with van der Waals surface area (Å²) in [7, 11) is 0. The van der Waals surface area contributed by atoms with E-state index in [2.05, 4.69) is 20.8 Å². The van der Waals surface area contributed by atoms with Crippen LogP contribution in [0.2, 0.25) is 0 Å². The molecule has 4 bridgehead atoms. The van der Waals surface area contributed by atoms with Crippen molar-refractivity contribution in [3.63, 3.8) is 0 Å². The Balaban J connectivity index is 1.73. The molecular formula is C17H28O2. The van der Waals surface area contributed by atoms with Crippen LogP contribution in [0.3, 0.4) is 0 Å². The highest BCUT2D eigenvalue weighted by atomic mass is 16.5. The van der Waals surface area contributed by atoms with Crippen molar-refractivity contribution in [1.82, 2.24) is 0 Å². The first kappa shape index (κ1) is 13.5. The second-order valence-corrected chi connectivity index (χ2v) is 8.61. The summed E-state index contributed by atoms with van der Waals surface area (Å²) in [4.78, 5) is 12.7. The van der Waals surface area contributed by atoms with Crippen LogP contribution in [0.4, 0.5) is 0 Å². The average Bonchev–Trinajstić information content (AvgIpc) is 2.25. The zero-order chi connectivity index (χ0) is 13.8. The van der Waals surface area contributed by atoms with Crippen LogP contribution in [0.15, 0.2) is 0 Å². The van der Waals surface area contributed by atoms with Gasteiger partial charge in [0, 0.05) is 0 Å². The van der Waals surface area contributed by atoms with Crippen LogP contribution in [-0.2, 0) is 9.53 Å². The summed E-state index contributed by atoms with van der Waals surface area (Å²) < 4.78 is 5.86. The monoisotopic (exact) mass is 264 g/mol. The third-order valence-electron chi connectivity index (χ3n) is 5.97. The highest BCUT2D eigenvalue weighted by molar-refractivity contribution is 5.77. The Morgan fingerprint density at radius 1 is 1.05 bits per heavy atom. The van der Waals surface area contributed by atoms with Gasteiger partial charge in [-0.1, -0.05) is 20.8 Å². The predicted octanol–water partition coefficient (Wildman–Crippen LogP) is 4.18. The molecule has 4 saturated carbocycles. The van der Waals surface area contributed by atoms with Crippen molar-refractivity contribution in [2.75, 3.05) is 0 Å². The second-order valence-electron chi connectivity index (χ2n) is 8.61. The minimum absolute atomic E-state index is 0.00741. The molecule has 4 aliphatic carbocycles. The molecule has 0 unspecified atom stereocenters. The third-order valence-corrected chi connectivity index (χ3v) is 5.97. The first-order valence-corrected chi connectivity index (χ1v) is 7.99. The summed E-state index contributed by atoms with van der Waals surface area (Å²) in [5.41, 5.74) is -0.0633. The normalized spacial score (nSPS) is 42.2. The standard InChI is InChI=1S/C17H28O2/c1-11(16(2,3)4)19-15(18)17-8-12-5-13(9-17)7-14(6-12)10-17/h11-14H,5-10H2,1-4H3/t11-,12?,13?,14?,17?/m0/s1. The molecule has 0 heterocycles. The Bertz CT molecular complexity index is 342. The van der Waals surface area contributed by atoms with Crippen molar-refractivity contribution in [2.45, 2.75) is 72.3 Å². The summed E-state index contributed by atoms with van der Waals surface area (Å²) in [6.45, 7) is 8.47. The van der Waals surface area contributed by atoms with E-state index in [1.165, 1.54) is 19.3 Å². The molecule has 0 spiro atoms. The van der Waals surface area contributed by atoms with Crippen molar-refractivity contribution in [3.8, 4) is 0 Å². The third kappa shape index (κ3) is 2.32. The number of carbonyl (C=O) groups excluding carboxylic acids is 1. The molecule has 0 aliphatic heterocycles. The molecule has 0 saturated heterocycles. The van der Waals surface area contributed by atoms with Gasteiger partial charge in [0.1, 0.15) is 6.10 Å². The van der Waals surface area contributed by atoms with E-state index in [0.29, 0.717) is 0 Å².